The molecule has 1 unspecified atom stereocenters. The SMILES string of the molecule is [NH3+]CCCC[NH+]1CCc2ccccc2C1. The second-order valence-electron chi connectivity index (χ2n) is 4.51. The number of quaternary nitrogens is 2. The molecule has 4 N–H and O–H groups in total. The standard InChI is InChI=1S/C13H20N2/c14-8-3-4-9-15-10-7-12-5-1-2-6-13(12)11-15/h1-2,5-6H,3-4,7-11,14H2/p+2. The average molecular weight is 206 g/mol. The van der Waals surface area contributed by atoms with Crippen molar-refractivity contribution in [1.29, 1.82) is 0 Å². The minimum absolute atomic E-state index is 1.09. The van der Waals surface area contributed by atoms with Crippen LogP contribution in [0.4, 0.5) is 0 Å². The van der Waals surface area contributed by atoms with Crippen LogP contribution in [0.3, 0.4) is 0 Å². The van der Waals surface area contributed by atoms with Crippen molar-refractivity contribution < 1.29 is 10.6 Å². The van der Waals surface area contributed by atoms with Gasteiger partial charge in [0.1, 0.15) is 6.54 Å². The van der Waals surface area contributed by atoms with Gasteiger partial charge in [-0.05, 0) is 5.56 Å². The maximum atomic E-state index is 3.90. The average Bonchev–Trinajstić information content (AvgIpc) is 2.29. The molecule has 1 aliphatic heterocycles. The second-order valence-corrected chi connectivity index (χ2v) is 4.51. The van der Waals surface area contributed by atoms with Crippen molar-refractivity contribution in [2.75, 3.05) is 19.6 Å². The smallest absolute Gasteiger partial charge is 0.103 e. The predicted molar refractivity (Wildman–Crippen MR) is 61.5 cm³/mol. The lowest BCUT2D eigenvalue weighted by molar-refractivity contribution is -0.916. The van der Waals surface area contributed by atoms with Gasteiger partial charge >= 0.3 is 0 Å². The van der Waals surface area contributed by atoms with E-state index in [9.17, 15) is 0 Å². The zero-order valence-corrected chi connectivity index (χ0v) is 9.47. The molecular formula is C13H22N2+2. The number of hydrogen-bond acceptors (Lipinski definition) is 0. The summed E-state index contributed by atoms with van der Waals surface area (Å²) < 4.78 is 0. The molecule has 82 valence electrons. The van der Waals surface area contributed by atoms with Gasteiger partial charge in [0, 0.05) is 24.8 Å². The van der Waals surface area contributed by atoms with Crippen molar-refractivity contribution in [3.8, 4) is 0 Å². The molecule has 0 aliphatic carbocycles. The van der Waals surface area contributed by atoms with Crippen LogP contribution < -0.4 is 10.6 Å². The summed E-state index contributed by atoms with van der Waals surface area (Å²) in [7, 11) is 0. The zero-order chi connectivity index (χ0) is 10.5. The van der Waals surface area contributed by atoms with Crippen LogP contribution in [0.2, 0.25) is 0 Å². The van der Waals surface area contributed by atoms with Gasteiger partial charge in [-0.1, -0.05) is 24.3 Å². The first-order valence-corrected chi connectivity index (χ1v) is 6.10. The first kappa shape index (κ1) is 10.7. The molecule has 15 heavy (non-hydrogen) atoms. The molecule has 2 nitrogen and oxygen atoms in total. The van der Waals surface area contributed by atoms with Crippen LogP contribution in [0.5, 0.6) is 0 Å². The Morgan fingerprint density at radius 1 is 1.13 bits per heavy atom. The van der Waals surface area contributed by atoms with Crippen LogP contribution in [0.25, 0.3) is 0 Å². The van der Waals surface area contributed by atoms with E-state index >= 15 is 0 Å². The molecule has 0 spiro atoms. The first-order chi connectivity index (χ1) is 7.40. The summed E-state index contributed by atoms with van der Waals surface area (Å²) in [6, 6.07) is 8.89. The highest BCUT2D eigenvalue weighted by Gasteiger charge is 2.17. The van der Waals surface area contributed by atoms with Crippen LogP contribution in [0.15, 0.2) is 24.3 Å². The normalized spacial score (nSPS) is 19.9. The van der Waals surface area contributed by atoms with E-state index in [2.05, 4.69) is 30.0 Å². The largest absolute Gasteiger partial charge is 0.358 e. The van der Waals surface area contributed by atoms with E-state index in [0.717, 1.165) is 6.54 Å². The Kier molecular flexibility index (Phi) is 3.75. The van der Waals surface area contributed by atoms with E-state index in [4.69, 9.17) is 0 Å². The van der Waals surface area contributed by atoms with Gasteiger partial charge in [0.2, 0.25) is 0 Å². The molecule has 0 fully saturated rings. The van der Waals surface area contributed by atoms with Crippen molar-refractivity contribution in [3.05, 3.63) is 35.4 Å². The van der Waals surface area contributed by atoms with Crippen molar-refractivity contribution >= 4 is 0 Å². The van der Waals surface area contributed by atoms with E-state index in [1.165, 1.54) is 38.9 Å². The molecule has 0 aromatic heterocycles. The highest BCUT2D eigenvalue weighted by Crippen LogP contribution is 2.10. The third-order valence-electron chi connectivity index (χ3n) is 3.34. The van der Waals surface area contributed by atoms with Crippen LogP contribution in [0.1, 0.15) is 24.0 Å². The highest BCUT2D eigenvalue weighted by atomic mass is 15.1. The first-order valence-electron chi connectivity index (χ1n) is 6.10. The summed E-state index contributed by atoms with van der Waals surface area (Å²) in [6.07, 6.45) is 3.88. The van der Waals surface area contributed by atoms with Gasteiger partial charge in [-0.3, -0.25) is 0 Å². The maximum absolute atomic E-state index is 3.90. The van der Waals surface area contributed by atoms with Gasteiger partial charge in [0.15, 0.2) is 0 Å². The number of rotatable bonds is 4. The summed E-state index contributed by atoms with van der Waals surface area (Å²) >= 11 is 0. The van der Waals surface area contributed by atoms with E-state index in [0.29, 0.717) is 0 Å². The maximum Gasteiger partial charge on any atom is 0.103 e. The molecule has 1 atom stereocenters. The zero-order valence-electron chi connectivity index (χ0n) is 9.47. The fraction of sp³-hybridized carbons (Fsp3) is 0.538. The van der Waals surface area contributed by atoms with Crippen molar-refractivity contribution in [1.82, 2.24) is 0 Å². The van der Waals surface area contributed by atoms with Gasteiger partial charge in [-0.2, -0.15) is 0 Å². The lowest BCUT2D eigenvalue weighted by atomic mass is 10.00. The molecule has 0 saturated carbocycles. The third kappa shape index (κ3) is 2.80. The third-order valence-corrected chi connectivity index (χ3v) is 3.34. The van der Waals surface area contributed by atoms with Gasteiger partial charge in [0.05, 0.1) is 19.6 Å². The minimum atomic E-state index is 1.09. The fourth-order valence-electron chi connectivity index (χ4n) is 2.41. The van der Waals surface area contributed by atoms with Crippen LogP contribution in [0, 0.1) is 0 Å². The topological polar surface area (TPSA) is 32.1 Å². The minimum Gasteiger partial charge on any atom is -0.358 e. The quantitative estimate of drug-likeness (QED) is 0.631. The molecule has 1 heterocycles. The molecule has 1 aromatic carbocycles. The van der Waals surface area contributed by atoms with E-state index in [1.54, 1.807) is 16.0 Å². The Balaban J connectivity index is 1.88. The summed E-state index contributed by atoms with van der Waals surface area (Å²) in [5.74, 6) is 0. The summed E-state index contributed by atoms with van der Waals surface area (Å²) in [5.41, 5.74) is 7.03. The molecule has 0 radical (unpaired) electrons. The van der Waals surface area contributed by atoms with E-state index in [-0.39, 0.29) is 0 Å². The fourth-order valence-corrected chi connectivity index (χ4v) is 2.41. The van der Waals surface area contributed by atoms with Crippen LogP contribution in [-0.4, -0.2) is 19.6 Å². The number of nitrogens with one attached hydrogen (secondary N) is 1. The summed E-state index contributed by atoms with van der Waals surface area (Å²) in [5, 5.41) is 0. The van der Waals surface area contributed by atoms with Gasteiger partial charge in [0.25, 0.3) is 0 Å². The molecular weight excluding hydrogens is 184 g/mol. The van der Waals surface area contributed by atoms with Crippen molar-refractivity contribution in [2.45, 2.75) is 25.8 Å². The molecule has 1 aromatic rings. The molecule has 1 aliphatic rings. The summed E-state index contributed by atoms with van der Waals surface area (Å²) in [4.78, 5) is 1.75. The number of unbranched alkanes of at least 4 members (excludes halogenated alkanes) is 1. The molecule has 2 rings (SSSR count). The Morgan fingerprint density at radius 2 is 1.93 bits per heavy atom. The Hall–Kier alpha value is -0.860. The van der Waals surface area contributed by atoms with E-state index in [1.807, 2.05) is 0 Å². The number of hydrogen-bond donors (Lipinski definition) is 2. The van der Waals surface area contributed by atoms with Gasteiger partial charge < -0.3 is 10.6 Å². The Labute approximate surface area is 92.1 Å². The molecule has 0 saturated heterocycles. The lowest BCUT2D eigenvalue weighted by Crippen LogP contribution is -3.11. The van der Waals surface area contributed by atoms with Crippen molar-refractivity contribution in [3.63, 3.8) is 0 Å². The van der Waals surface area contributed by atoms with Crippen LogP contribution in [-0.2, 0) is 13.0 Å². The van der Waals surface area contributed by atoms with Gasteiger partial charge in [-0.25, -0.2) is 0 Å². The highest BCUT2D eigenvalue weighted by molar-refractivity contribution is 5.27. The predicted octanol–water partition coefficient (Wildman–Crippen LogP) is -0.350. The van der Waals surface area contributed by atoms with E-state index < -0.39 is 0 Å². The van der Waals surface area contributed by atoms with Crippen molar-refractivity contribution in [2.24, 2.45) is 0 Å². The number of benzene rings is 1. The summed E-state index contributed by atoms with van der Waals surface area (Å²) in [6.45, 7) is 4.95. The monoisotopic (exact) mass is 206 g/mol. The lowest BCUT2D eigenvalue weighted by Gasteiger charge is -2.25. The second kappa shape index (κ2) is 5.29. The van der Waals surface area contributed by atoms with Gasteiger partial charge in [-0.15, -0.1) is 0 Å². The molecule has 0 amide bonds. The Bertz CT molecular complexity index is 309. The molecule has 0 bridgehead atoms. The molecule has 2 heteroatoms. The number of fused-ring (bicyclic) bond motifs is 1. The van der Waals surface area contributed by atoms with Crippen LogP contribution >= 0.6 is 0 Å². The Morgan fingerprint density at radius 3 is 2.73 bits per heavy atom.